The molecule has 4 N–H and O–H groups in total. The standard InChI is InChI=1S/C19H23N3O2/c1-13-9-10-15(17(23)21-12-19(2,3)20)11-16(13)22-18(24)14-7-5-4-6-8-14/h4-11H,12,20H2,1-3H3,(H,21,23)(H,22,24). The van der Waals surface area contributed by atoms with Crippen molar-refractivity contribution in [3.8, 4) is 0 Å². The number of carbonyl (C=O) groups excluding carboxylic acids is 2. The Morgan fingerprint density at radius 2 is 1.67 bits per heavy atom. The topological polar surface area (TPSA) is 84.2 Å². The van der Waals surface area contributed by atoms with Gasteiger partial charge in [-0.05, 0) is 50.6 Å². The van der Waals surface area contributed by atoms with E-state index in [0.717, 1.165) is 5.56 Å². The summed E-state index contributed by atoms with van der Waals surface area (Å²) in [6.45, 7) is 5.93. The quantitative estimate of drug-likeness (QED) is 0.790. The first kappa shape index (κ1) is 17.7. The van der Waals surface area contributed by atoms with Crippen molar-refractivity contribution in [3.63, 3.8) is 0 Å². The number of carbonyl (C=O) groups is 2. The minimum absolute atomic E-state index is 0.209. The largest absolute Gasteiger partial charge is 0.350 e. The molecule has 126 valence electrons. The fraction of sp³-hybridized carbons (Fsp3) is 0.263. The van der Waals surface area contributed by atoms with Crippen molar-refractivity contribution in [1.29, 1.82) is 0 Å². The molecule has 0 aliphatic rings. The first-order valence-electron chi connectivity index (χ1n) is 7.80. The van der Waals surface area contributed by atoms with E-state index in [4.69, 9.17) is 5.73 Å². The molecule has 2 rings (SSSR count). The van der Waals surface area contributed by atoms with Crippen molar-refractivity contribution in [3.05, 3.63) is 65.2 Å². The molecule has 0 unspecified atom stereocenters. The molecule has 24 heavy (non-hydrogen) atoms. The Labute approximate surface area is 142 Å². The molecule has 0 saturated heterocycles. The number of benzene rings is 2. The van der Waals surface area contributed by atoms with Crippen molar-refractivity contribution in [2.45, 2.75) is 26.3 Å². The minimum Gasteiger partial charge on any atom is -0.350 e. The Hall–Kier alpha value is -2.66. The van der Waals surface area contributed by atoms with Gasteiger partial charge in [-0.15, -0.1) is 0 Å². The van der Waals surface area contributed by atoms with E-state index in [-0.39, 0.29) is 11.8 Å². The second kappa shape index (κ2) is 7.27. The van der Waals surface area contributed by atoms with Crippen LogP contribution in [0.15, 0.2) is 48.5 Å². The second-order valence-corrected chi connectivity index (χ2v) is 6.52. The lowest BCUT2D eigenvalue weighted by atomic mass is 10.1. The molecule has 2 amide bonds. The lowest BCUT2D eigenvalue weighted by Gasteiger charge is -2.19. The maximum absolute atomic E-state index is 12.3. The van der Waals surface area contributed by atoms with Crippen molar-refractivity contribution in [2.24, 2.45) is 5.73 Å². The number of anilines is 1. The van der Waals surface area contributed by atoms with Crippen LogP contribution in [0.4, 0.5) is 5.69 Å². The maximum atomic E-state index is 12.3. The van der Waals surface area contributed by atoms with E-state index in [1.807, 2.05) is 32.9 Å². The average Bonchev–Trinajstić information content (AvgIpc) is 2.54. The summed E-state index contributed by atoms with van der Waals surface area (Å²) in [7, 11) is 0. The van der Waals surface area contributed by atoms with Crippen molar-refractivity contribution in [2.75, 3.05) is 11.9 Å². The summed E-state index contributed by atoms with van der Waals surface area (Å²) in [6, 6.07) is 14.2. The van der Waals surface area contributed by atoms with Gasteiger partial charge in [-0.1, -0.05) is 24.3 Å². The number of hydrogen-bond donors (Lipinski definition) is 3. The Morgan fingerprint density at radius 1 is 1.00 bits per heavy atom. The van der Waals surface area contributed by atoms with Gasteiger partial charge in [0.1, 0.15) is 0 Å². The number of rotatable bonds is 5. The predicted octanol–water partition coefficient (Wildman–Crippen LogP) is 2.71. The van der Waals surface area contributed by atoms with Crippen LogP contribution < -0.4 is 16.4 Å². The highest BCUT2D eigenvalue weighted by atomic mass is 16.2. The Kier molecular flexibility index (Phi) is 5.36. The Balaban J connectivity index is 2.14. The summed E-state index contributed by atoms with van der Waals surface area (Å²) < 4.78 is 0. The van der Waals surface area contributed by atoms with Gasteiger partial charge in [0.2, 0.25) is 0 Å². The normalized spacial score (nSPS) is 11.0. The van der Waals surface area contributed by atoms with Gasteiger partial charge in [0.05, 0.1) is 0 Å². The third-order valence-electron chi connectivity index (χ3n) is 3.49. The molecule has 5 nitrogen and oxygen atoms in total. The van der Waals surface area contributed by atoms with Gasteiger partial charge in [-0.3, -0.25) is 9.59 Å². The molecule has 0 bridgehead atoms. The molecule has 5 heteroatoms. The average molecular weight is 325 g/mol. The molecule has 0 fully saturated rings. The summed E-state index contributed by atoms with van der Waals surface area (Å²) in [4.78, 5) is 24.5. The van der Waals surface area contributed by atoms with E-state index in [0.29, 0.717) is 23.4 Å². The smallest absolute Gasteiger partial charge is 0.255 e. The SMILES string of the molecule is Cc1ccc(C(=O)NCC(C)(C)N)cc1NC(=O)c1ccccc1. The van der Waals surface area contributed by atoms with Crippen LogP contribution in [0.1, 0.15) is 40.1 Å². The highest BCUT2D eigenvalue weighted by Crippen LogP contribution is 2.18. The van der Waals surface area contributed by atoms with Gasteiger partial charge >= 0.3 is 0 Å². The molecule has 0 aliphatic carbocycles. The second-order valence-electron chi connectivity index (χ2n) is 6.52. The van der Waals surface area contributed by atoms with Crippen molar-refractivity contribution in [1.82, 2.24) is 5.32 Å². The van der Waals surface area contributed by atoms with Crippen molar-refractivity contribution < 1.29 is 9.59 Å². The fourth-order valence-corrected chi connectivity index (χ4v) is 2.09. The molecule has 0 saturated carbocycles. The maximum Gasteiger partial charge on any atom is 0.255 e. The van der Waals surface area contributed by atoms with Crippen LogP contribution in [0.25, 0.3) is 0 Å². The fourth-order valence-electron chi connectivity index (χ4n) is 2.09. The van der Waals surface area contributed by atoms with Crippen LogP contribution in [0, 0.1) is 6.92 Å². The molecule has 0 aliphatic heterocycles. The number of nitrogens with one attached hydrogen (secondary N) is 2. The van der Waals surface area contributed by atoms with E-state index in [9.17, 15) is 9.59 Å². The number of aryl methyl sites for hydroxylation is 1. The zero-order chi connectivity index (χ0) is 17.7. The summed E-state index contributed by atoms with van der Waals surface area (Å²) in [5, 5.41) is 5.64. The van der Waals surface area contributed by atoms with Crippen LogP contribution in [0.5, 0.6) is 0 Å². The van der Waals surface area contributed by atoms with Crippen LogP contribution in [0.3, 0.4) is 0 Å². The molecule has 0 heterocycles. The first-order chi connectivity index (χ1) is 11.3. The van der Waals surface area contributed by atoms with Gasteiger partial charge in [0, 0.05) is 28.9 Å². The van der Waals surface area contributed by atoms with Crippen LogP contribution in [0.2, 0.25) is 0 Å². The van der Waals surface area contributed by atoms with Crippen molar-refractivity contribution >= 4 is 17.5 Å². The van der Waals surface area contributed by atoms with E-state index in [2.05, 4.69) is 10.6 Å². The number of hydrogen-bond acceptors (Lipinski definition) is 3. The Morgan fingerprint density at radius 3 is 2.29 bits per heavy atom. The molecule has 2 aromatic rings. The first-order valence-corrected chi connectivity index (χ1v) is 7.80. The van der Waals surface area contributed by atoms with Gasteiger partial charge in [0.15, 0.2) is 0 Å². The molecular formula is C19H23N3O2. The third-order valence-corrected chi connectivity index (χ3v) is 3.49. The zero-order valence-electron chi connectivity index (χ0n) is 14.2. The molecule has 0 spiro atoms. The molecule has 2 aromatic carbocycles. The lowest BCUT2D eigenvalue weighted by molar-refractivity contribution is 0.0945. The van der Waals surface area contributed by atoms with E-state index in [1.165, 1.54) is 0 Å². The Bertz CT molecular complexity index is 734. The summed E-state index contributed by atoms with van der Waals surface area (Å²) in [6.07, 6.45) is 0. The van der Waals surface area contributed by atoms with E-state index < -0.39 is 5.54 Å². The molecule has 0 aromatic heterocycles. The van der Waals surface area contributed by atoms with Gasteiger partial charge in [0.25, 0.3) is 11.8 Å². The van der Waals surface area contributed by atoms with Crippen LogP contribution in [-0.2, 0) is 0 Å². The van der Waals surface area contributed by atoms with Crippen LogP contribution >= 0.6 is 0 Å². The van der Waals surface area contributed by atoms with Crippen LogP contribution in [-0.4, -0.2) is 23.9 Å². The van der Waals surface area contributed by atoms with E-state index >= 15 is 0 Å². The molecule has 0 atom stereocenters. The minimum atomic E-state index is -0.481. The summed E-state index contributed by atoms with van der Waals surface area (Å²) in [5.41, 5.74) is 7.94. The highest BCUT2D eigenvalue weighted by Gasteiger charge is 2.15. The lowest BCUT2D eigenvalue weighted by Crippen LogP contribution is -2.45. The van der Waals surface area contributed by atoms with Gasteiger partial charge in [-0.25, -0.2) is 0 Å². The molecular weight excluding hydrogens is 302 g/mol. The zero-order valence-corrected chi connectivity index (χ0v) is 14.2. The monoisotopic (exact) mass is 325 g/mol. The summed E-state index contributed by atoms with van der Waals surface area (Å²) in [5.74, 6) is -0.428. The van der Waals surface area contributed by atoms with Gasteiger partial charge < -0.3 is 16.4 Å². The number of amides is 2. The highest BCUT2D eigenvalue weighted by molar-refractivity contribution is 6.05. The molecule has 0 radical (unpaired) electrons. The summed E-state index contributed by atoms with van der Waals surface area (Å²) >= 11 is 0. The third kappa shape index (κ3) is 4.93. The van der Waals surface area contributed by atoms with Gasteiger partial charge in [-0.2, -0.15) is 0 Å². The van der Waals surface area contributed by atoms with E-state index in [1.54, 1.807) is 36.4 Å². The predicted molar refractivity (Wildman–Crippen MR) is 96.2 cm³/mol. The number of nitrogens with two attached hydrogens (primary N) is 1.